The minimum atomic E-state index is 0.763. The molecule has 1 saturated carbocycles. The van der Waals surface area contributed by atoms with E-state index < -0.39 is 0 Å². The summed E-state index contributed by atoms with van der Waals surface area (Å²) in [5.41, 5.74) is 2.64. The maximum atomic E-state index is 4.76. The Balaban J connectivity index is 1.69. The molecule has 0 radical (unpaired) electrons. The van der Waals surface area contributed by atoms with E-state index in [-0.39, 0.29) is 0 Å². The van der Waals surface area contributed by atoms with Crippen LogP contribution in [0.25, 0.3) is 0 Å². The van der Waals surface area contributed by atoms with Crippen LogP contribution >= 0.6 is 0 Å². The van der Waals surface area contributed by atoms with Gasteiger partial charge in [-0.3, -0.25) is 0 Å². The molecular formula is C17H27N3. The third-order valence-electron chi connectivity index (χ3n) is 4.45. The van der Waals surface area contributed by atoms with Crippen molar-refractivity contribution < 1.29 is 0 Å². The Morgan fingerprint density at radius 1 is 1.25 bits per heavy atom. The fourth-order valence-electron chi connectivity index (χ4n) is 3.44. The number of pyridine rings is 1. The lowest BCUT2D eigenvalue weighted by Gasteiger charge is -2.36. The zero-order valence-corrected chi connectivity index (χ0v) is 13.0. The van der Waals surface area contributed by atoms with Crippen LogP contribution < -0.4 is 10.2 Å². The topological polar surface area (TPSA) is 28.2 Å². The summed E-state index contributed by atoms with van der Waals surface area (Å²) in [7, 11) is 0. The largest absolute Gasteiger partial charge is 0.356 e. The van der Waals surface area contributed by atoms with Crippen molar-refractivity contribution in [1.82, 2.24) is 10.3 Å². The molecule has 110 valence electrons. The maximum Gasteiger partial charge on any atom is 0.131 e. The van der Waals surface area contributed by atoms with Crippen molar-refractivity contribution in [2.75, 3.05) is 18.0 Å². The molecule has 1 aromatic rings. The lowest BCUT2D eigenvalue weighted by Crippen LogP contribution is -2.39. The normalized spacial score (nSPS) is 26.9. The zero-order chi connectivity index (χ0) is 14.1. The fourth-order valence-corrected chi connectivity index (χ4v) is 3.44. The van der Waals surface area contributed by atoms with Crippen LogP contribution in [-0.2, 0) is 6.54 Å². The summed E-state index contributed by atoms with van der Waals surface area (Å²) in [4.78, 5) is 7.23. The van der Waals surface area contributed by atoms with Crippen LogP contribution in [0, 0.1) is 18.8 Å². The van der Waals surface area contributed by atoms with Crippen LogP contribution in [0.5, 0.6) is 0 Å². The Bertz CT molecular complexity index is 457. The van der Waals surface area contributed by atoms with Crippen LogP contribution in [0.2, 0.25) is 0 Å². The second-order valence-corrected chi connectivity index (χ2v) is 6.99. The highest BCUT2D eigenvalue weighted by molar-refractivity contribution is 5.48. The minimum Gasteiger partial charge on any atom is -0.356 e. The Morgan fingerprint density at radius 3 is 2.55 bits per heavy atom. The summed E-state index contributed by atoms with van der Waals surface area (Å²) in [5, 5.41) is 3.56. The first-order chi connectivity index (χ1) is 9.61. The van der Waals surface area contributed by atoms with Crippen molar-refractivity contribution in [2.45, 2.75) is 52.6 Å². The molecule has 2 unspecified atom stereocenters. The Labute approximate surface area is 122 Å². The number of anilines is 1. The summed E-state index contributed by atoms with van der Waals surface area (Å²) in [6.07, 6.45) is 6.09. The second kappa shape index (κ2) is 5.72. The van der Waals surface area contributed by atoms with Crippen molar-refractivity contribution in [3.05, 3.63) is 23.4 Å². The van der Waals surface area contributed by atoms with E-state index in [2.05, 4.69) is 43.3 Å². The van der Waals surface area contributed by atoms with Crippen molar-refractivity contribution in [3.8, 4) is 0 Å². The molecule has 0 amide bonds. The van der Waals surface area contributed by atoms with Crippen molar-refractivity contribution in [1.29, 1.82) is 0 Å². The molecule has 1 saturated heterocycles. The molecular weight excluding hydrogens is 246 g/mol. The van der Waals surface area contributed by atoms with Crippen LogP contribution in [0.3, 0.4) is 0 Å². The molecule has 2 atom stereocenters. The lowest BCUT2D eigenvalue weighted by molar-refractivity contribution is 0.355. The molecule has 1 aromatic heterocycles. The maximum absolute atomic E-state index is 4.76. The fraction of sp³-hybridized carbons (Fsp3) is 0.706. The molecule has 2 heterocycles. The summed E-state index contributed by atoms with van der Waals surface area (Å²) in [6.45, 7) is 10.2. The number of aryl methyl sites for hydroxylation is 1. The average molecular weight is 273 g/mol. The lowest BCUT2D eigenvalue weighted by atomic mass is 9.91. The van der Waals surface area contributed by atoms with Gasteiger partial charge >= 0.3 is 0 Å². The van der Waals surface area contributed by atoms with Gasteiger partial charge in [0, 0.05) is 31.9 Å². The SMILES string of the molecule is Cc1cc(CNC2CC2)cnc1N1CC(C)CC(C)C1. The predicted molar refractivity (Wildman–Crippen MR) is 84.0 cm³/mol. The van der Waals surface area contributed by atoms with E-state index in [9.17, 15) is 0 Å². The van der Waals surface area contributed by atoms with Crippen molar-refractivity contribution in [2.24, 2.45) is 11.8 Å². The number of aromatic nitrogens is 1. The molecule has 0 spiro atoms. The van der Waals surface area contributed by atoms with Crippen LogP contribution in [0.4, 0.5) is 5.82 Å². The molecule has 3 rings (SSSR count). The first kappa shape index (κ1) is 13.9. The standard InChI is InChI=1S/C17H27N3/c1-12-6-13(2)11-20(10-12)17-14(3)7-15(9-19-17)8-18-16-4-5-16/h7,9,12-13,16,18H,4-6,8,10-11H2,1-3H3. The predicted octanol–water partition coefficient (Wildman–Crippen LogP) is 3.12. The summed E-state index contributed by atoms with van der Waals surface area (Å²) in [6, 6.07) is 3.07. The third kappa shape index (κ3) is 3.32. The average Bonchev–Trinajstić information content (AvgIpc) is 3.19. The molecule has 1 aliphatic heterocycles. The van der Waals surface area contributed by atoms with Gasteiger partial charge in [-0.15, -0.1) is 0 Å². The zero-order valence-electron chi connectivity index (χ0n) is 13.0. The molecule has 3 heteroatoms. The van der Waals surface area contributed by atoms with Crippen LogP contribution in [0.15, 0.2) is 12.3 Å². The molecule has 3 nitrogen and oxygen atoms in total. The molecule has 0 bridgehead atoms. The third-order valence-corrected chi connectivity index (χ3v) is 4.45. The van der Waals surface area contributed by atoms with E-state index in [0.717, 1.165) is 37.5 Å². The highest BCUT2D eigenvalue weighted by atomic mass is 15.2. The number of hydrogen-bond acceptors (Lipinski definition) is 3. The number of piperidine rings is 1. The minimum absolute atomic E-state index is 0.763. The number of nitrogens with zero attached hydrogens (tertiary/aromatic N) is 2. The van der Waals surface area contributed by atoms with E-state index in [4.69, 9.17) is 4.98 Å². The van der Waals surface area contributed by atoms with Gasteiger partial charge in [0.15, 0.2) is 0 Å². The van der Waals surface area contributed by atoms with Gasteiger partial charge in [-0.1, -0.05) is 13.8 Å². The Kier molecular flexibility index (Phi) is 3.97. The molecule has 1 aliphatic carbocycles. The van der Waals surface area contributed by atoms with Gasteiger partial charge in [0.05, 0.1) is 0 Å². The smallest absolute Gasteiger partial charge is 0.131 e. The summed E-state index contributed by atoms with van der Waals surface area (Å²) in [5.74, 6) is 2.74. The van der Waals surface area contributed by atoms with E-state index in [0.29, 0.717) is 0 Å². The monoisotopic (exact) mass is 273 g/mol. The van der Waals surface area contributed by atoms with E-state index in [1.165, 1.54) is 36.2 Å². The van der Waals surface area contributed by atoms with Gasteiger partial charge in [0.1, 0.15) is 5.82 Å². The summed E-state index contributed by atoms with van der Waals surface area (Å²) >= 11 is 0. The van der Waals surface area contributed by atoms with Gasteiger partial charge in [0.2, 0.25) is 0 Å². The van der Waals surface area contributed by atoms with E-state index in [1.54, 1.807) is 0 Å². The van der Waals surface area contributed by atoms with Gasteiger partial charge in [-0.05, 0) is 55.2 Å². The molecule has 0 aromatic carbocycles. The van der Waals surface area contributed by atoms with Gasteiger partial charge in [-0.25, -0.2) is 4.98 Å². The highest BCUT2D eigenvalue weighted by Crippen LogP contribution is 2.27. The van der Waals surface area contributed by atoms with Gasteiger partial charge in [0.25, 0.3) is 0 Å². The van der Waals surface area contributed by atoms with Crippen LogP contribution in [0.1, 0.15) is 44.2 Å². The summed E-state index contributed by atoms with van der Waals surface area (Å²) < 4.78 is 0. The van der Waals surface area contributed by atoms with Crippen molar-refractivity contribution in [3.63, 3.8) is 0 Å². The van der Waals surface area contributed by atoms with Gasteiger partial charge < -0.3 is 10.2 Å². The Morgan fingerprint density at radius 2 is 1.95 bits per heavy atom. The first-order valence-electron chi connectivity index (χ1n) is 8.05. The van der Waals surface area contributed by atoms with Crippen molar-refractivity contribution >= 4 is 5.82 Å². The second-order valence-electron chi connectivity index (χ2n) is 6.99. The molecule has 2 fully saturated rings. The quantitative estimate of drug-likeness (QED) is 0.913. The number of hydrogen-bond donors (Lipinski definition) is 1. The highest BCUT2D eigenvalue weighted by Gasteiger charge is 2.24. The van der Waals surface area contributed by atoms with Gasteiger partial charge in [-0.2, -0.15) is 0 Å². The number of nitrogens with one attached hydrogen (secondary N) is 1. The first-order valence-corrected chi connectivity index (χ1v) is 8.05. The van der Waals surface area contributed by atoms with E-state index in [1.807, 2.05) is 0 Å². The van der Waals surface area contributed by atoms with Crippen LogP contribution in [-0.4, -0.2) is 24.1 Å². The van der Waals surface area contributed by atoms with E-state index >= 15 is 0 Å². The molecule has 1 N–H and O–H groups in total. The molecule has 2 aliphatic rings. The Hall–Kier alpha value is -1.09. The number of rotatable bonds is 4. The molecule has 20 heavy (non-hydrogen) atoms.